The predicted octanol–water partition coefficient (Wildman–Crippen LogP) is 1.47. The Morgan fingerprint density at radius 1 is 1.26 bits per heavy atom. The molecule has 0 bridgehead atoms. The molecule has 0 saturated carbocycles. The molecule has 104 valence electrons. The zero-order chi connectivity index (χ0) is 13.9. The van der Waals surface area contributed by atoms with E-state index >= 15 is 0 Å². The number of carbonyl (C=O) groups excluding carboxylic acids is 2. The Hall–Kier alpha value is -1.91. The highest BCUT2D eigenvalue weighted by atomic mass is 16.5. The zero-order valence-corrected chi connectivity index (χ0v) is 11.2. The summed E-state index contributed by atoms with van der Waals surface area (Å²) in [7, 11) is 0. The van der Waals surface area contributed by atoms with Crippen molar-refractivity contribution in [2.75, 3.05) is 13.2 Å². The lowest BCUT2D eigenvalue weighted by atomic mass is 10.1. The second kappa shape index (κ2) is 9.08. The van der Waals surface area contributed by atoms with Crippen LogP contribution >= 0.6 is 0 Å². The number of carbonyl (C=O) groups is 2. The molecular weight excluding hydrogens is 244 g/mol. The van der Waals surface area contributed by atoms with E-state index in [0.29, 0.717) is 38.8 Å². The molecule has 0 spiro atoms. The summed E-state index contributed by atoms with van der Waals surface area (Å²) in [6, 6.07) is 3.79. The lowest BCUT2D eigenvalue weighted by Crippen LogP contribution is -2.25. The van der Waals surface area contributed by atoms with E-state index in [-0.39, 0.29) is 11.9 Å². The van der Waals surface area contributed by atoms with E-state index in [4.69, 9.17) is 4.74 Å². The minimum Gasteiger partial charge on any atom is -0.466 e. The van der Waals surface area contributed by atoms with Crippen LogP contribution in [0.2, 0.25) is 0 Å². The van der Waals surface area contributed by atoms with Crippen molar-refractivity contribution in [2.24, 2.45) is 0 Å². The van der Waals surface area contributed by atoms with Gasteiger partial charge in [-0.2, -0.15) is 0 Å². The first-order chi connectivity index (χ1) is 9.22. The number of esters is 1. The smallest absolute Gasteiger partial charge is 0.305 e. The van der Waals surface area contributed by atoms with Gasteiger partial charge in [0.15, 0.2) is 0 Å². The Morgan fingerprint density at radius 2 is 2.00 bits per heavy atom. The summed E-state index contributed by atoms with van der Waals surface area (Å²) in [5.41, 5.74) is 1.09. The lowest BCUT2D eigenvalue weighted by molar-refractivity contribution is -0.143. The maximum atomic E-state index is 11.5. The molecule has 0 aliphatic carbocycles. The largest absolute Gasteiger partial charge is 0.466 e. The van der Waals surface area contributed by atoms with Crippen molar-refractivity contribution >= 4 is 11.9 Å². The Morgan fingerprint density at radius 3 is 2.68 bits per heavy atom. The first-order valence-corrected chi connectivity index (χ1v) is 6.53. The molecule has 1 aromatic heterocycles. The molecule has 1 amide bonds. The third kappa shape index (κ3) is 7.18. The monoisotopic (exact) mass is 264 g/mol. The van der Waals surface area contributed by atoms with Gasteiger partial charge in [0.1, 0.15) is 0 Å². The van der Waals surface area contributed by atoms with E-state index < -0.39 is 0 Å². The summed E-state index contributed by atoms with van der Waals surface area (Å²) in [4.78, 5) is 26.5. The van der Waals surface area contributed by atoms with E-state index in [9.17, 15) is 9.59 Å². The zero-order valence-electron chi connectivity index (χ0n) is 11.2. The number of aromatic nitrogens is 1. The van der Waals surface area contributed by atoms with Gasteiger partial charge in [-0.1, -0.05) is 0 Å². The van der Waals surface area contributed by atoms with Crippen LogP contribution < -0.4 is 5.32 Å². The van der Waals surface area contributed by atoms with Gasteiger partial charge in [-0.05, 0) is 37.5 Å². The van der Waals surface area contributed by atoms with Crippen molar-refractivity contribution in [2.45, 2.75) is 32.6 Å². The van der Waals surface area contributed by atoms with Gasteiger partial charge in [-0.3, -0.25) is 14.6 Å². The molecule has 19 heavy (non-hydrogen) atoms. The molecule has 1 heterocycles. The van der Waals surface area contributed by atoms with Crippen molar-refractivity contribution in [3.05, 3.63) is 30.1 Å². The number of amides is 1. The first kappa shape index (κ1) is 15.1. The highest BCUT2D eigenvalue weighted by molar-refractivity contribution is 5.76. The van der Waals surface area contributed by atoms with E-state index in [1.54, 1.807) is 19.3 Å². The fourth-order valence-electron chi connectivity index (χ4n) is 1.59. The number of ether oxygens (including phenoxy) is 1. The van der Waals surface area contributed by atoms with Gasteiger partial charge in [-0.15, -0.1) is 0 Å². The van der Waals surface area contributed by atoms with Crippen molar-refractivity contribution in [1.29, 1.82) is 0 Å². The predicted molar refractivity (Wildman–Crippen MR) is 71.4 cm³/mol. The second-order valence-corrected chi connectivity index (χ2v) is 4.11. The Labute approximate surface area is 113 Å². The molecular formula is C14H20N2O3. The minimum absolute atomic E-state index is 0.000621. The van der Waals surface area contributed by atoms with Crippen LogP contribution in [0.25, 0.3) is 0 Å². The van der Waals surface area contributed by atoms with Crippen molar-refractivity contribution in [3.63, 3.8) is 0 Å². The quantitative estimate of drug-likeness (QED) is 0.570. The number of aryl methyl sites for hydroxylation is 1. The van der Waals surface area contributed by atoms with Crippen LogP contribution in [0.1, 0.15) is 31.7 Å². The minimum atomic E-state index is -0.214. The summed E-state index contributed by atoms with van der Waals surface area (Å²) in [5, 5.41) is 2.79. The van der Waals surface area contributed by atoms with Crippen molar-refractivity contribution in [3.8, 4) is 0 Å². The van der Waals surface area contributed by atoms with Crippen LogP contribution in [0.3, 0.4) is 0 Å². The number of nitrogens with one attached hydrogen (secondary N) is 1. The second-order valence-electron chi connectivity index (χ2n) is 4.11. The number of pyridine rings is 1. The van der Waals surface area contributed by atoms with E-state index in [2.05, 4.69) is 10.3 Å². The van der Waals surface area contributed by atoms with Gasteiger partial charge < -0.3 is 10.1 Å². The molecule has 0 radical (unpaired) electrons. The fraction of sp³-hybridized carbons (Fsp3) is 0.500. The highest BCUT2D eigenvalue weighted by Gasteiger charge is 2.04. The van der Waals surface area contributed by atoms with E-state index in [1.165, 1.54) is 0 Å². The van der Waals surface area contributed by atoms with E-state index in [0.717, 1.165) is 5.56 Å². The SMILES string of the molecule is CCOC(=O)CCCNC(=O)CCc1ccncc1. The van der Waals surface area contributed by atoms with Crippen LogP contribution in [0.15, 0.2) is 24.5 Å². The van der Waals surface area contributed by atoms with Crippen molar-refractivity contribution < 1.29 is 14.3 Å². The average Bonchev–Trinajstić information content (AvgIpc) is 2.43. The third-order valence-corrected chi connectivity index (χ3v) is 2.58. The Balaban J connectivity index is 2.07. The summed E-state index contributed by atoms with van der Waals surface area (Å²) in [5.74, 6) is -0.214. The Kier molecular flexibility index (Phi) is 7.24. The summed E-state index contributed by atoms with van der Waals surface area (Å²) in [6.45, 7) is 2.68. The standard InChI is InChI=1S/C14H20N2O3/c1-2-19-14(18)4-3-9-16-13(17)6-5-12-7-10-15-11-8-12/h7-8,10-11H,2-6,9H2,1H3,(H,16,17). The molecule has 0 atom stereocenters. The van der Waals surface area contributed by atoms with Crippen LogP contribution in [0.4, 0.5) is 0 Å². The number of nitrogens with zero attached hydrogens (tertiary/aromatic N) is 1. The maximum absolute atomic E-state index is 11.5. The molecule has 1 N–H and O–H groups in total. The fourth-order valence-corrected chi connectivity index (χ4v) is 1.59. The summed E-state index contributed by atoms with van der Waals surface area (Å²) >= 11 is 0. The number of hydrogen-bond donors (Lipinski definition) is 1. The number of hydrogen-bond acceptors (Lipinski definition) is 4. The summed E-state index contributed by atoms with van der Waals surface area (Å²) < 4.78 is 4.80. The normalized spacial score (nSPS) is 9.95. The van der Waals surface area contributed by atoms with E-state index in [1.807, 2.05) is 12.1 Å². The first-order valence-electron chi connectivity index (χ1n) is 6.53. The summed E-state index contributed by atoms with van der Waals surface area (Å²) in [6.07, 6.45) is 5.53. The maximum Gasteiger partial charge on any atom is 0.305 e. The third-order valence-electron chi connectivity index (χ3n) is 2.58. The molecule has 0 aliphatic heterocycles. The molecule has 0 aromatic carbocycles. The average molecular weight is 264 g/mol. The molecule has 0 unspecified atom stereocenters. The van der Waals surface area contributed by atoms with Crippen LogP contribution in [-0.2, 0) is 20.7 Å². The van der Waals surface area contributed by atoms with Gasteiger partial charge in [0.25, 0.3) is 0 Å². The molecule has 0 aliphatic rings. The molecule has 5 nitrogen and oxygen atoms in total. The number of rotatable bonds is 8. The van der Waals surface area contributed by atoms with Gasteiger partial charge in [0, 0.05) is 31.8 Å². The van der Waals surface area contributed by atoms with Crippen molar-refractivity contribution in [1.82, 2.24) is 10.3 Å². The van der Waals surface area contributed by atoms with Crippen LogP contribution in [0.5, 0.6) is 0 Å². The molecule has 1 rings (SSSR count). The van der Waals surface area contributed by atoms with Gasteiger partial charge >= 0.3 is 5.97 Å². The van der Waals surface area contributed by atoms with Gasteiger partial charge in [-0.25, -0.2) is 0 Å². The van der Waals surface area contributed by atoms with Crippen LogP contribution in [-0.4, -0.2) is 30.0 Å². The topological polar surface area (TPSA) is 68.3 Å². The lowest BCUT2D eigenvalue weighted by Gasteiger charge is -2.05. The molecule has 0 saturated heterocycles. The van der Waals surface area contributed by atoms with Gasteiger partial charge in [0.05, 0.1) is 6.61 Å². The highest BCUT2D eigenvalue weighted by Crippen LogP contribution is 2.00. The molecule has 0 fully saturated rings. The Bertz CT molecular complexity index is 393. The molecule has 5 heteroatoms. The van der Waals surface area contributed by atoms with Gasteiger partial charge in [0.2, 0.25) is 5.91 Å². The van der Waals surface area contributed by atoms with Crippen LogP contribution in [0, 0.1) is 0 Å². The molecule has 1 aromatic rings.